The minimum absolute atomic E-state index is 0.0479. The van der Waals surface area contributed by atoms with E-state index in [4.69, 9.17) is 0 Å². The first-order valence-electron chi connectivity index (χ1n) is 13.5. The Hall–Kier alpha value is -4.10. The second-order valence-corrected chi connectivity index (χ2v) is 10.8. The molecule has 7 heteroatoms. The Balaban J connectivity index is 1.44. The van der Waals surface area contributed by atoms with Crippen LogP contribution in [0.15, 0.2) is 66.9 Å². The number of aryl methyl sites for hydroxylation is 1. The van der Waals surface area contributed by atoms with Crippen LogP contribution in [0, 0.1) is 6.92 Å². The van der Waals surface area contributed by atoms with Crippen molar-refractivity contribution < 1.29 is 9.59 Å². The number of amides is 2. The summed E-state index contributed by atoms with van der Waals surface area (Å²) in [4.78, 5) is 35.5. The first-order valence-corrected chi connectivity index (χ1v) is 13.5. The number of piperazine rings is 1. The molecule has 1 aliphatic rings. The summed E-state index contributed by atoms with van der Waals surface area (Å²) >= 11 is 0. The van der Waals surface area contributed by atoms with Gasteiger partial charge in [0.1, 0.15) is 0 Å². The number of carbonyl (C=O) groups is 2. The van der Waals surface area contributed by atoms with Gasteiger partial charge in [0.05, 0.1) is 11.6 Å². The van der Waals surface area contributed by atoms with E-state index in [-0.39, 0.29) is 17.9 Å². The summed E-state index contributed by atoms with van der Waals surface area (Å²) in [5, 5.41) is 5.43. The standard InChI is InChI=1S/C32H37N5O2/c1-21-10-11-26(37-14-12-36(5)13-15-37)19-28(21)31(38)34-22(2)29-17-24(16-23-8-6-7-9-27(23)29)30-18-25(20-33-30)32(39)35(3)4/h6-11,16-20,22,33H,12-15H2,1-5H3,(H,34,38). The van der Waals surface area contributed by atoms with E-state index < -0.39 is 0 Å². The monoisotopic (exact) mass is 523 g/mol. The summed E-state index contributed by atoms with van der Waals surface area (Å²) in [6.07, 6.45) is 1.74. The highest BCUT2D eigenvalue weighted by atomic mass is 16.2. The molecule has 1 aliphatic heterocycles. The minimum atomic E-state index is -0.230. The molecule has 1 aromatic heterocycles. The molecule has 0 saturated carbocycles. The first kappa shape index (κ1) is 26.5. The van der Waals surface area contributed by atoms with Crippen LogP contribution >= 0.6 is 0 Å². The highest BCUT2D eigenvalue weighted by Gasteiger charge is 2.20. The van der Waals surface area contributed by atoms with Gasteiger partial charge in [0.2, 0.25) is 0 Å². The van der Waals surface area contributed by atoms with Crippen LogP contribution in [0.5, 0.6) is 0 Å². The average molecular weight is 524 g/mol. The number of nitrogens with one attached hydrogen (secondary N) is 2. The molecule has 1 atom stereocenters. The van der Waals surface area contributed by atoms with Crippen molar-refractivity contribution in [3.05, 3.63) is 89.1 Å². The zero-order valence-electron chi connectivity index (χ0n) is 23.4. The van der Waals surface area contributed by atoms with E-state index in [1.807, 2.05) is 44.2 Å². The van der Waals surface area contributed by atoms with Crippen LogP contribution in [0.25, 0.3) is 22.0 Å². The highest BCUT2D eigenvalue weighted by molar-refractivity contribution is 5.98. The maximum Gasteiger partial charge on any atom is 0.254 e. The Morgan fingerprint density at radius 2 is 1.72 bits per heavy atom. The van der Waals surface area contributed by atoms with E-state index in [0.717, 1.165) is 65.0 Å². The summed E-state index contributed by atoms with van der Waals surface area (Å²) in [5.74, 6) is -0.127. The third kappa shape index (κ3) is 5.54. The number of benzene rings is 3. The fourth-order valence-corrected chi connectivity index (χ4v) is 5.26. The van der Waals surface area contributed by atoms with Crippen molar-refractivity contribution >= 4 is 28.3 Å². The molecular weight excluding hydrogens is 486 g/mol. The van der Waals surface area contributed by atoms with E-state index in [1.165, 1.54) is 0 Å². The Morgan fingerprint density at radius 1 is 0.974 bits per heavy atom. The van der Waals surface area contributed by atoms with E-state index >= 15 is 0 Å². The van der Waals surface area contributed by atoms with Crippen molar-refractivity contribution in [1.29, 1.82) is 0 Å². The van der Waals surface area contributed by atoms with Crippen molar-refractivity contribution in [2.75, 3.05) is 52.2 Å². The second-order valence-electron chi connectivity index (χ2n) is 10.8. The minimum Gasteiger partial charge on any atom is -0.369 e. The summed E-state index contributed by atoms with van der Waals surface area (Å²) in [6, 6.07) is 20.3. The SMILES string of the molecule is Cc1ccc(N2CCN(C)CC2)cc1C(=O)NC(C)c1cc(-c2cc(C(=O)N(C)C)c[nH]2)cc2ccccc12. The fraction of sp³-hybridized carbons (Fsp3) is 0.312. The van der Waals surface area contributed by atoms with E-state index in [9.17, 15) is 9.59 Å². The van der Waals surface area contributed by atoms with Gasteiger partial charge in [0.25, 0.3) is 11.8 Å². The molecule has 2 amide bonds. The number of fused-ring (bicyclic) bond motifs is 1. The zero-order valence-corrected chi connectivity index (χ0v) is 23.4. The van der Waals surface area contributed by atoms with Gasteiger partial charge in [-0.1, -0.05) is 30.3 Å². The van der Waals surface area contributed by atoms with Crippen LogP contribution in [0.4, 0.5) is 5.69 Å². The molecule has 39 heavy (non-hydrogen) atoms. The molecule has 1 fully saturated rings. The van der Waals surface area contributed by atoms with Crippen LogP contribution in [-0.4, -0.2) is 73.9 Å². The largest absolute Gasteiger partial charge is 0.369 e. The summed E-state index contributed by atoms with van der Waals surface area (Å²) in [6.45, 7) is 7.95. The van der Waals surface area contributed by atoms with Crippen molar-refractivity contribution in [2.45, 2.75) is 19.9 Å². The normalized spacial score (nSPS) is 14.8. The molecule has 2 N–H and O–H groups in total. The van der Waals surface area contributed by atoms with Crippen LogP contribution in [-0.2, 0) is 0 Å². The third-order valence-corrected chi connectivity index (χ3v) is 7.69. The number of hydrogen-bond acceptors (Lipinski definition) is 4. The average Bonchev–Trinajstić information content (AvgIpc) is 3.43. The van der Waals surface area contributed by atoms with Crippen LogP contribution in [0.3, 0.4) is 0 Å². The summed E-state index contributed by atoms with van der Waals surface area (Å²) in [5.41, 5.74) is 6.22. The Labute approximate surface area is 230 Å². The van der Waals surface area contributed by atoms with Gasteiger partial charge in [0.15, 0.2) is 0 Å². The summed E-state index contributed by atoms with van der Waals surface area (Å²) < 4.78 is 0. The van der Waals surface area contributed by atoms with E-state index in [1.54, 1.807) is 25.2 Å². The van der Waals surface area contributed by atoms with E-state index in [0.29, 0.717) is 11.1 Å². The topological polar surface area (TPSA) is 71.7 Å². The van der Waals surface area contributed by atoms with Gasteiger partial charge in [-0.3, -0.25) is 9.59 Å². The molecule has 1 saturated heterocycles. The molecule has 0 aliphatic carbocycles. The molecule has 2 heterocycles. The number of nitrogens with zero attached hydrogens (tertiary/aromatic N) is 3. The van der Waals surface area contributed by atoms with Gasteiger partial charge in [0, 0.05) is 63.4 Å². The lowest BCUT2D eigenvalue weighted by atomic mass is 9.95. The summed E-state index contributed by atoms with van der Waals surface area (Å²) in [7, 11) is 5.63. The number of likely N-dealkylation sites (N-methyl/N-ethyl adjacent to an activating group) is 1. The first-order chi connectivity index (χ1) is 18.7. The molecule has 0 bridgehead atoms. The van der Waals surface area contributed by atoms with E-state index in [2.05, 4.69) is 57.5 Å². The van der Waals surface area contributed by atoms with Gasteiger partial charge in [-0.2, -0.15) is 0 Å². The van der Waals surface area contributed by atoms with Gasteiger partial charge in [-0.15, -0.1) is 0 Å². The molecule has 5 rings (SSSR count). The van der Waals surface area contributed by atoms with Gasteiger partial charge >= 0.3 is 0 Å². The molecular formula is C32H37N5O2. The van der Waals surface area contributed by atoms with Crippen LogP contribution < -0.4 is 10.2 Å². The number of aromatic nitrogens is 1. The predicted octanol–water partition coefficient (Wildman–Crippen LogP) is 5.09. The molecule has 1 unspecified atom stereocenters. The second kappa shape index (κ2) is 10.9. The van der Waals surface area contributed by atoms with Crippen LogP contribution in [0.1, 0.15) is 44.8 Å². The van der Waals surface area contributed by atoms with Crippen molar-refractivity contribution in [3.63, 3.8) is 0 Å². The third-order valence-electron chi connectivity index (χ3n) is 7.69. The maximum absolute atomic E-state index is 13.6. The lowest BCUT2D eigenvalue weighted by molar-refractivity contribution is 0.0827. The highest BCUT2D eigenvalue weighted by Crippen LogP contribution is 2.32. The van der Waals surface area contributed by atoms with Crippen molar-refractivity contribution in [1.82, 2.24) is 20.1 Å². The number of anilines is 1. The Bertz CT molecular complexity index is 1510. The van der Waals surface area contributed by atoms with Crippen molar-refractivity contribution in [2.24, 2.45) is 0 Å². The zero-order chi connectivity index (χ0) is 27.7. The smallest absolute Gasteiger partial charge is 0.254 e. The van der Waals surface area contributed by atoms with Gasteiger partial charge in [-0.05, 0) is 78.7 Å². The lowest BCUT2D eigenvalue weighted by Crippen LogP contribution is -2.44. The Kier molecular flexibility index (Phi) is 7.44. The molecule has 4 aromatic rings. The predicted molar refractivity (Wildman–Crippen MR) is 159 cm³/mol. The van der Waals surface area contributed by atoms with Crippen molar-refractivity contribution in [3.8, 4) is 11.3 Å². The maximum atomic E-state index is 13.6. The number of H-pyrrole nitrogens is 1. The fourth-order valence-electron chi connectivity index (χ4n) is 5.26. The lowest BCUT2D eigenvalue weighted by Gasteiger charge is -2.34. The number of hydrogen-bond donors (Lipinski definition) is 2. The molecule has 3 aromatic carbocycles. The Morgan fingerprint density at radius 3 is 2.46 bits per heavy atom. The number of rotatable bonds is 6. The molecule has 0 spiro atoms. The van der Waals surface area contributed by atoms with Gasteiger partial charge < -0.3 is 25.0 Å². The number of aromatic amines is 1. The molecule has 0 radical (unpaired) electrons. The molecule has 7 nitrogen and oxygen atoms in total. The van der Waals surface area contributed by atoms with Crippen LogP contribution in [0.2, 0.25) is 0 Å². The number of carbonyl (C=O) groups excluding carboxylic acids is 2. The molecule has 202 valence electrons. The van der Waals surface area contributed by atoms with Gasteiger partial charge in [-0.25, -0.2) is 0 Å². The quantitative estimate of drug-likeness (QED) is 0.369.